The lowest BCUT2D eigenvalue weighted by Gasteiger charge is -2.22. The third kappa shape index (κ3) is 5.67. The van der Waals surface area contributed by atoms with Crippen molar-refractivity contribution in [2.75, 3.05) is 27.9 Å². The summed E-state index contributed by atoms with van der Waals surface area (Å²) < 4.78 is 15.2. The molecule has 0 rings (SSSR count). The first-order valence-corrected chi connectivity index (χ1v) is 5.85. The molecular formula is C7H20O4Si. The van der Waals surface area contributed by atoms with Gasteiger partial charge in [0.2, 0.25) is 0 Å². The molecule has 76 valence electrons. The van der Waals surface area contributed by atoms with Gasteiger partial charge in [-0.2, -0.15) is 0 Å². The van der Waals surface area contributed by atoms with Crippen LogP contribution in [0.2, 0.25) is 6.04 Å². The standard InChI is InChI=1S/C5H14O3Si.C2H6O/c1-5-9(6-2,7-3)8-4;1-2-3/h5H2,1-4H3;3H,2H2,1H3. The normalized spacial score (nSPS) is 10.5. The topological polar surface area (TPSA) is 47.9 Å². The highest BCUT2D eigenvalue weighted by molar-refractivity contribution is 6.60. The molecule has 0 heterocycles. The summed E-state index contributed by atoms with van der Waals surface area (Å²) in [5.41, 5.74) is 0. The Morgan fingerprint density at radius 3 is 1.25 bits per heavy atom. The first-order valence-electron chi connectivity index (χ1n) is 3.92. The quantitative estimate of drug-likeness (QED) is 0.678. The van der Waals surface area contributed by atoms with Gasteiger partial charge in [0, 0.05) is 34.0 Å². The van der Waals surface area contributed by atoms with E-state index in [1.807, 2.05) is 6.92 Å². The van der Waals surface area contributed by atoms with E-state index >= 15 is 0 Å². The van der Waals surface area contributed by atoms with Crippen LogP contribution >= 0.6 is 0 Å². The summed E-state index contributed by atoms with van der Waals surface area (Å²) in [6, 6.07) is 0.816. The Morgan fingerprint density at radius 2 is 1.25 bits per heavy atom. The molecule has 12 heavy (non-hydrogen) atoms. The predicted octanol–water partition coefficient (Wildman–Crippen LogP) is 0.883. The fourth-order valence-electron chi connectivity index (χ4n) is 0.683. The molecule has 0 unspecified atom stereocenters. The van der Waals surface area contributed by atoms with Crippen molar-refractivity contribution in [1.82, 2.24) is 0 Å². The minimum absolute atomic E-state index is 0.250. The Morgan fingerprint density at radius 1 is 1.00 bits per heavy atom. The Labute approximate surface area is 75.8 Å². The Kier molecular flexibility index (Phi) is 11.1. The molecule has 0 aromatic heterocycles. The number of aliphatic hydroxyl groups excluding tert-OH is 1. The number of aliphatic hydroxyl groups is 1. The molecule has 4 nitrogen and oxygen atoms in total. The fourth-order valence-corrected chi connectivity index (χ4v) is 2.05. The molecule has 0 aliphatic rings. The molecule has 1 N–H and O–H groups in total. The molecule has 0 saturated heterocycles. The van der Waals surface area contributed by atoms with Crippen LogP contribution in [-0.4, -0.2) is 41.8 Å². The van der Waals surface area contributed by atoms with E-state index in [1.165, 1.54) is 0 Å². The first-order chi connectivity index (χ1) is 5.66. The molecule has 0 aliphatic heterocycles. The van der Waals surface area contributed by atoms with Gasteiger partial charge in [-0.1, -0.05) is 6.92 Å². The second kappa shape index (κ2) is 9.15. The average molecular weight is 196 g/mol. The molecule has 0 aromatic carbocycles. The van der Waals surface area contributed by atoms with Crippen molar-refractivity contribution in [2.45, 2.75) is 19.9 Å². The molecule has 0 amide bonds. The monoisotopic (exact) mass is 196 g/mol. The highest BCUT2D eigenvalue weighted by Crippen LogP contribution is 2.10. The van der Waals surface area contributed by atoms with Crippen molar-refractivity contribution < 1.29 is 18.4 Å². The van der Waals surface area contributed by atoms with E-state index in [-0.39, 0.29) is 6.61 Å². The Hall–Kier alpha value is 0.0569. The van der Waals surface area contributed by atoms with Gasteiger partial charge in [-0.15, -0.1) is 0 Å². The van der Waals surface area contributed by atoms with Crippen molar-refractivity contribution in [2.24, 2.45) is 0 Å². The summed E-state index contributed by atoms with van der Waals surface area (Å²) in [7, 11) is 2.65. The van der Waals surface area contributed by atoms with Gasteiger partial charge in [0.25, 0.3) is 0 Å². The van der Waals surface area contributed by atoms with E-state index in [1.54, 1.807) is 28.3 Å². The van der Waals surface area contributed by atoms with Crippen LogP contribution in [0.25, 0.3) is 0 Å². The van der Waals surface area contributed by atoms with E-state index in [2.05, 4.69) is 0 Å². The average Bonchev–Trinajstić information content (AvgIpc) is 2.11. The highest BCUT2D eigenvalue weighted by atomic mass is 28.4. The summed E-state index contributed by atoms with van der Waals surface area (Å²) in [5, 5.41) is 7.57. The molecule has 0 bridgehead atoms. The zero-order valence-electron chi connectivity index (χ0n) is 8.59. The lowest BCUT2D eigenvalue weighted by molar-refractivity contribution is 0.125. The van der Waals surface area contributed by atoms with Gasteiger partial charge in [-0.05, 0) is 6.92 Å². The van der Waals surface area contributed by atoms with Crippen LogP contribution in [0.5, 0.6) is 0 Å². The maximum atomic E-state index is 7.57. The molecule has 0 radical (unpaired) electrons. The van der Waals surface area contributed by atoms with E-state index in [9.17, 15) is 0 Å². The van der Waals surface area contributed by atoms with E-state index in [0.717, 1.165) is 6.04 Å². The zero-order chi connectivity index (χ0) is 10.0. The number of rotatable bonds is 4. The minimum atomic E-state index is -2.19. The van der Waals surface area contributed by atoms with Crippen molar-refractivity contribution in [3.05, 3.63) is 0 Å². The van der Waals surface area contributed by atoms with Crippen LogP contribution in [0.1, 0.15) is 13.8 Å². The van der Waals surface area contributed by atoms with E-state index in [0.29, 0.717) is 0 Å². The summed E-state index contributed by atoms with van der Waals surface area (Å²) in [6.07, 6.45) is 0. The summed E-state index contributed by atoms with van der Waals surface area (Å²) in [6.45, 7) is 3.92. The minimum Gasteiger partial charge on any atom is -0.397 e. The molecule has 5 heteroatoms. The number of hydrogen-bond acceptors (Lipinski definition) is 4. The predicted molar refractivity (Wildman–Crippen MR) is 50.0 cm³/mol. The van der Waals surface area contributed by atoms with E-state index in [4.69, 9.17) is 18.4 Å². The second-order valence-electron chi connectivity index (χ2n) is 1.97. The highest BCUT2D eigenvalue weighted by Gasteiger charge is 2.34. The van der Waals surface area contributed by atoms with Gasteiger partial charge in [0.05, 0.1) is 0 Å². The second-order valence-corrected chi connectivity index (χ2v) is 5.26. The summed E-state index contributed by atoms with van der Waals surface area (Å²) in [5.74, 6) is 0. The number of hydrogen-bond donors (Lipinski definition) is 1. The van der Waals surface area contributed by atoms with Crippen molar-refractivity contribution in [1.29, 1.82) is 0 Å². The molecule has 0 fully saturated rings. The smallest absolute Gasteiger partial charge is 0.397 e. The Balaban J connectivity index is 0. The Bertz CT molecular complexity index is 68.0. The van der Waals surface area contributed by atoms with Crippen molar-refractivity contribution >= 4 is 8.80 Å². The van der Waals surface area contributed by atoms with Gasteiger partial charge in [0.1, 0.15) is 0 Å². The third-order valence-corrected chi connectivity index (χ3v) is 4.10. The maximum absolute atomic E-state index is 7.57. The maximum Gasteiger partial charge on any atom is 0.499 e. The zero-order valence-corrected chi connectivity index (χ0v) is 9.59. The molecule has 0 spiro atoms. The lowest BCUT2D eigenvalue weighted by Crippen LogP contribution is -2.41. The molecule has 0 saturated carbocycles. The molecule has 0 atom stereocenters. The SMILES string of the molecule is CCO.CC[Si](OC)(OC)OC. The van der Waals surface area contributed by atoms with Crippen molar-refractivity contribution in [3.8, 4) is 0 Å². The van der Waals surface area contributed by atoms with Gasteiger partial charge in [-0.3, -0.25) is 0 Å². The van der Waals surface area contributed by atoms with Crippen LogP contribution in [0, 0.1) is 0 Å². The van der Waals surface area contributed by atoms with Crippen LogP contribution < -0.4 is 0 Å². The fraction of sp³-hybridized carbons (Fsp3) is 1.00. The van der Waals surface area contributed by atoms with Gasteiger partial charge in [-0.25, -0.2) is 0 Å². The van der Waals surface area contributed by atoms with Gasteiger partial charge in [0.15, 0.2) is 0 Å². The molecule has 0 aliphatic carbocycles. The third-order valence-electron chi connectivity index (χ3n) is 1.37. The van der Waals surface area contributed by atoms with Gasteiger partial charge < -0.3 is 18.4 Å². The summed E-state index contributed by atoms with van der Waals surface area (Å²) >= 11 is 0. The molecular weight excluding hydrogens is 176 g/mol. The van der Waals surface area contributed by atoms with Gasteiger partial charge >= 0.3 is 8.80 Å². The first kappa shape index (κ1) is 14.6. The van der Waals surface area contributed by atoms with E-state index < -0.39 is 8.80 Å². The summed E-state index contributed by atoms with van der Waals surface area (Å²) in [4.78, 5) is 0. The largest absolute Gasteiger partial charge is 0.499 e. The van der Waals surface area contributed by atoms with Crippen LogP contribution in [0.3, 0.4) is 0 Å². The lowest BCUT2D eigenvalue weighted by atomic mass is 10.9. The molecule has 0 aromatic rings. The van der Waals surface area contributed by atoms with Crippen LogP contribution in [0.15, 0.2) is 0 Å². The van der Waals surface area contributed by atoms with Crippen LogP contribution in [0.4, 0.5) is 0 Å². The van der Waals surface area contributed by atoms with Crippen molar-refractivity contribution in [3.63, 3.8) is 0 Å². The van der Waals surface area contributed by atoms with Crippen LogP contribution in [-0.2, 0) is 13.3 Å².